The number of benzene rings is 4. The zero-order valence-corrected chi connectivity index (χ0v) is 23.9. The average Bonchev–Trinajstić information content (AvgIpc) is 3.02. The number of hydrogen-bond acceptors (Lipinski definition) is 7. The van der Waals surface area contributed by atoms with E-state index in [1.165, 1.54) is 13.3 Å². The van der Waals surface area contributed by atoms with Gasteiger partial charge in [0, 0.05) is 0 Å². The third-order valence-electron chi connectivity index (χ3n) is 6.28. The molecule has 0 aliphatic heterocycles. The van der Waals surface area contributed by atoms with Crippen LogP contribution < -0.4 is 24.4 Å². The van der Waals surface area contributed by atoms with Gasteiger partial charge in [-0.05, 0) is 84.6 Å². The van der Waals surface area contributed by atoms with Gasteiger partial charge >= 0.3 is 5.97 Å². The fraction of sp³-hybridized carbons (Fsp3) is 0.206. The molecular weight excluding hydrogens is 532 g/mol. The number of esters is 1. The Labute approximate surface area is 245 Å². The summed E-state index contributed by atoms with van der Waals surface area (Å²) in [4.78, 5) is 25.2. The van der Waals surface area contributed by atoms with Gasteiger partial charge in [0.2, 0.25) is 0 Å². The number of nitrogens with zero attached hydrogens (tertiary/aromatic N) is 1. The second kappa shape index (κ2) is 15.0. The maximum atomic E-state index is 12.7. The number of nitrogens with one attached hydrogen (secondary N) is 1. The summed E-state index contributed by atoms with van der Waals surface area (Å²) in [7, 11) is 1.48. The lowest BCUT2D eigenvalue weighted by molar-refractivity contribution is -0.127. The van der Waals surface area contributed by atoms with Crippen LogP contribution in [0.5, 0.6) is 23.0 Å². The lowest BCUT2D eigenvalue weighted by Crippen LogP contribution is -2.33. The summed E-state index contributed by atoms with van der Waals surface area (Å²) in [6.45, 7) is 4.38. The van der Waals surface area contributed by atoms with Crippen molar-refractivity contribution in [3.63, 3.8) is 0 Å². The van der Waals surface area contributed by atoms with Crippen LogP contribution in [-0.2, 0) is 4.79 Å². The number of unbranched alkanes of at least 4 members (excludes halogenated alkanes) is 1. The van der Waals surface area contributed by atoms with E-state index in [9.17, 15) is 9.59 Å². The van der Waals surface area contributed by atoms with Crippen LogP contribution in [0.1, 0.15) is 42.6 Å². The minimum Gasteiger partial charge on any atom is -0.494 e. The average molecular weight is 567 g/mol. The molecule has 0 radical (unpaired) electrons. The molecule has 0 saturated heterocycles. The van der Waals surface area contributed by atoms with E-state index in [0.717, 1.165) is 24.0 Å². The molecule has 0 unspecified atom stereocenters. The third-order valence-corrected chi connectivity index (χ3v) is 6.28. The largest absolute Gasteiger partial charge is 0.494 e. The van der Waals surface area contributed by atoms with Gasteiger partial charge < -0.3 is 18.9 Å². The first-order chi connectivity index (χ1) is 20.5. The number of hydrogen-bond donors (Lipinski definition) is 1. The van der Waals surface area contributed by atoms with E-state index in [1.807, 2.05) is 54.6 Å². The van der Waals surface area contributed by atoms with Crippen molar-refractivity contribution >= 4 is 18.1 Å². The Balaban J connectivity index is 1.29. The van der Waals surface area contributed by atoms with Gasteiger partial charge in [-0.2, -0.15) is 5.10 Å². The molecule has 8 nitrogen and oxygen atoms in total. The van der Waals surface area contributed by atoms with Crippen molar-refractivity contribution in [1.82, 2.24) is 5.43 Å². The maximum absolute atomic E-state index is 12.7. The quantitative estimate of drug-likeness (QED) is 0.0638. The first kappa shape index (κ1) is 29.9. The molecule has 1 atom stereocenters. The summed E-state index contributed by atoms with van der Waals surface area (Å²) in [5.74, 6) is 0.948. The van der Waals surface area contributed by atoms with Crippen molar-refractivity contribution < 1.29 is 28.5 Å². The van der Waals surface area contributed by atoms with Gasteiger partial charge in [-0.25, -0.2) is 10.2 Å². The molecule has 0 aliphatic rings. The number of amides is 1. The minimum atomic E-state index is -0.766. The van der Waals surface area contributed by atoms with Crippen molar-refractivity contribution in [2.24, 2.45) is 5.10 Å². The Hall–Kier alpha value is -5.11. The number of rotatable bonds is 13. The minimum absolute atomic E-state index is 0.257. The number of carbonyl (C=O) groups is 2. The van der Waals surface area contributed by atoms with E-state index in [4.69, 9.17) is 18.9 Å². The highest BCUT2D eigenvalue weighted by Gasteiger charge is 2.15. The van der Waals surface area contributed by atoms with Crippen LogP contribution in [0.3, 0.4) is 0 Å². The molecule has 0 aliphatic carbocycles. The van der Waals surface area contributed by atoms with E-state index < -0.39 is 18.0 Å². The van der Waals surface area contributed by atoms with Gasteiger partial charge in [0.1, 0.15) is 11.5 Å². The van der Waals surface area contributed by atoms with Gasteiger partial charge in [0.05, 0.1) is 25.5 Å². The van der Waals surface area contributed by atoms with Crippen molar-refractivity contribution in [3.05, 3.63) is 108 Å². The smallest absolute Gasteiger partial charge is 0.343 e. The van der Waals surface area contributed by atoms with Crippen molar-refractivity contribution in [1.29, 1.82) is 0 Å². The van der Waals surface area contributed by atoms with Crippen LogP contribution in [0, 0.1) is 0 Å². The molecule has 4 aromatic rings. The molecule has 216 valence electrons. The molecular formula is C34H34N2O6. The number of ether oxygens (including phenoxy) is 4. The normalized spacial score (nSPS) is 11.5. The SMILES string of the molecule is CCCCOc1ccc(C(=O)Oc2ccc(/C=N\NC(=O)[C@@H](C)Oc3ccc(-c4ccccc4)cc3)cc2OC)cc1. The Kier molecular flexibility index (Phi) is 10.7. The molecule has 0 spiro atoms. The van der Waals surface area contributed by atoms with E-state index in [1.54, 1.807) is 49.4 Å². The van der Waals surface area contributed by atoms with Crippen LogP contribution >= 0.6 is 0 Å². The van der Waals surface area contributed by atoms with Gasteiger partial charge in [0.25, 0.3) is 5.91 Å². The fourth-order valence-corrected chi connectivity index (χ4v) is 3.90. The second-order valence-corrected chi connectivity index (χ2v) is 9.41. The Morgan fingerprint density at radius 2 is 1.55 bits per heavy atom. The molecule has 4 rings (SSSR count). The predicted molar refractivity (Wildman–Crippen MR) is 163 cm³/mol. The van der Waals surface area contributed by atoms with Gasteiger partial charge in [0.15, 0.2) is 17.6 Å². The van der Waals surface area contributed by atoms with Gasteiger partial charge in [-0.15, -0.1) is 0 Å². The second-order valence-electron chi connectivity index (χ2n) is 9.41. The molecule has 42 heavy (non-hydrogen) atoms. The summed E-state index contributed by atoms with van der Waals surface area (Å²) in [5, 5.41) is 4.03. The first-order valence-electron chi connectivity index (χ1n) is 13.7. The van der Waals surface area contributed by atoms with Gasteiger partial charge in [-0.1, -0.05) is 55.8 Å². The van der Waals surface area contributed by atoms with E-state index in [0.29, 0.717) is 35.0 Å². The van der Waals surface area contributed by atoms with E-state index in [-0.39, 0.29) is 5.75 Å². The molecule has 0 heterocycles. The molecule has 8 heteroatoms. The standard InChI is InChI=1S/C34H34N2O6/c1-4-5-21-40-29-16-14-28(15-17-29)34(38)42-31-20-11-25(22-32(31)39-3)23-35-36-33(37)24(2)41-30-18-12-27(13-19-30)26-9-7-6-8-10-26/h6-20,22-24H,4-5,21H2,1-3H3,(H,36,37)/b35-23-/t24-/m1/s1. The first-order valence-corrected chi connectivity index (χ1v) is 13.7. The summed E-state index contributed by atoms with van der Waals surface area (Å²) >= 11 is 0. The van der Waals surface area contributed by atoms with Crippen molar-refractivity contribution in [3.8, 4) is 34.1 Å². The molecule has 0 aromatic heterocycles. The number of methoxy groups -OCH3 is 1. The lowest BCUT2D eigenvalue weighted by Gasteiger charge is -2.13. The highest BCUT2D eigenvalue weighted by molar-refractivity contribution is 5.92. The highest BCUT2D eigenvalue weighted by Crippen LogP contribution is 2.29. The Morgan fingerprint density at radius 1 is 0.857 bits per heavy atom. The lowest BCUT2D eigenvalue weighted by atomic mass is 10.1. The predicted octanol–water partition coefficient (Wildman–Crippen LogP) is 6.68. The number of hydrazone groups is 1. The molecule has 0 saturated carbocycles. The molecule has 0 bridgehead atoms. The van der Waals surface area contributed by atoms with Crippen LogP contribution in [-0.4, -0.2) is 37.9 Å². The van der Waals surface area contributed by atoms with Gasteiger partial charge in [-0.3, -0.25) is 4.79 Å². The topological polar surface area (TPSA) is 95.5 Å². The summed E-state index contributed by atoms with van der Waals surface area (Å²) in [6.07, 6.45) is 2.71. The molecule has 0 fully saturated rings. The van der Waals surface area contributed by atoms with Crippen LogP contribution in [0.4, 0.5) is 0 Å². The van der Waals surface area contributed by atoms with Crippen molar-refractivity contribution in [2.75, 3.05) is 13.7 Å². The van der Waals surface area contributed by atoms with Crippen LogP contribution in [0.25, 0.3) is 11.1 Å². The third kappa shape index (κ3) is 8.44. The van der Waals surface area contributed by atoms with Crippen LogP contribution in [0.15, 0.2) is 102 Å². The fourth-order valence-electron chi connectivity index (χ4n) is 3.90. The zero-order chi connectivity index (χ0) is 29.7. The maximum Gasteiger partial charge on any atom is 0.343 e. The van der Waals surface area contributed by atoms with Crippen molar-refractivity contribution in [2.45, 2.75) is 32.8 Å². The molecule has 1 N–H and O–H groups in total. The summed E-state index contributed by atoms with van der Waals surface area (Å²) < 4.78 is 22.3. The Morgan fingerprint density at radius 3 is 2.24 bits per heavy atom. The number of carbonyl (C=O) groups excluding carboxylic acids is 2. The zero-order valence-electron chi connectivity index (χ0n) is 23.9. The van der Waals surface area contributed by atoms with E-state index >= 15 is 0 Å². The molecule has 1 amide bonds. The Bertz CT molecular complexity index is 1490. The summed E-state index contributed by atoms with van der Waals surface area (Å²) in [5.41, 5.74) is 5.66. The monoisotopic (exact) mass is 566 g/mol. The van der Waals surface area contributed by atoms with Crippen LogP contribution in [0.2, 0.25) is 0 Å². The summed E-state index contributed by atoms with van der Waals surface area (Å²) in [6, 6.07) is 29.3. The highest BCUT2D eigenvalue weighted by atomic mass is 16.6. The molecule has 4 aromatic carbocycles. The van der Waals surface area contributed by atoms with E-state index in [2.05, 4.69) is 17.5 Å².